The zero-order chi connectivity index (χ0) is 10.1. The lowest BCUT2D eigenvalue weighted by atomic mass is 10.2. The third kappa shape index (κ3) is 1.60. The van der Waals surface area contributed by atoms with Gasteiger partial charge in [-0.15, -0.1) is 0 Å². The Balaban J connectivity index is 2.62. The Bertz CT molecular complexity index is 395. The first-order valence-electron chi connectivity index (χ1n) is 4.09. The van der Waals surface area contributed by atoms with Gasteiger partial charge in [-0.05, 0) is 28.1 Å². The maximum Gasteiger partial charge on any atom is 0.256 e. The third-order valence-corrected chi connectivity index (χ3v) is 2.86. The molecule has 0 spiro atoms. The molecule has 0 radical (unpaired) electrons. The first-order chi connectivity index (χ1) is 6.70. The van der Waals surface area contributed by atoms with Gasteiger partial charge in [0.15, 0.2) is 0 Å². The van der Waals surface area contributed by atoms with E-state index in [-0.39, 0.29) is 5.91 Å². The fourth-order valence-electron chi connectivity index (χ4n) is 1.29. The van der Waals surface area contributed by atoms with Crippen molar-refractivity contribution in [3.63, 3.8) is 0 Å². The smallest absolute Gasteiger partial charge is 0.256 e. The second-order valence-corrected chi connectivity index (χ2v) is 4.10. The highest BCUT2D eigenvalue weighted by Gasteiger charge is 2.21. The lowest BCUT2D eigenvalue weighted by Gasteiger charge is -2.08. The van der Waals surface area contributed by atoms with E-state index in [2.05, 4.69) is 21.2 Å². The number of hydrogen-bond donors (Lipinski definition) is 1. The fraction of sp³-hybridized carbons (Fsp3) is 0.222. The number of carbonyl (C=O) groups is 1. The number of rotatable bonds is 0. The van der Waals surface area contributed by atoms with Crippen LogP contribution < -0.4 is 10.1 Å². The van der Waals surface area contributed by atoms with Gasteiger partial charge in [0.2, 0.25) is 0 Å². The van der Waals surface area contributed by atoms with Crippen molar-refractivity contribution in [1.29, 1.82) is 0 Å². The van der Waals surface area contributed by atoms with Crippen molar-refractivity contribution < 1.29 is 9.53 Å². The molecule has 0 aliphatic carbocycles. The maximum absolute atomic E-state index is 11.6. The molecule has 0 aromatic heterocycles. The van der Waals surface area contributed by atoms with E-state index in [4.69, 9.17) is 16.3 Å². The minimum Gasteiger partial charge on any atom is -0.490 e. The van der Waals surface area contributed by atoms with Crippen molar-refractivity contribution in [2.75, 3.05) is 13.2 Å². The van der Waals surface area contributed by atoms with Crippen LogP contribution in [-0.4, -0.2) is 19.1 Å². The molecular weight excluding hydrogens is 269 g/mol. The molecule has 1 heterocycles. The molecule has 5 heteroatoms. The highest BCUT2D eigenvalue weighted by molar-refractivity contribution is 9.10. The zero-order valence-electron chi connectivity index (χ0n) is 7.14. The van der Waals surface area contributed by atoms with Crippen molar-refractivity contribution in [1.82, 2.24) is 5.32 Å². The van der Waals surface area contributed by atoms with Crippen LogP contribution in [0.5, 0.6) is 5.75 Å². The summed E-state index contributed by atoms with van der Waals surface area (Å²) in [7, 11) is 0. The van der Waals surface area contributed by atoms with E-state index in [0.717, 1.165) is 4.47 Å². The van der Waals surface area contributed by atoms with Crippen LogP contribution in [0.2, 0.25) is 5.02 Å². The number of carbonyl (C=O) groups excluding carboxylic acids is 1. The number of amides is 1. The van der Waals surface area contributed by atoms with Crippen LogP contribution in [0.3, 0.4) is 0 Å². The van der Waals surface area contributed by atoms with Crippen molar-refractivity contribution in [3.05, 3.63) is 27.2 Å². The van der Waals surface area contributed by atoms with Crippen molar-refractivity contribution in [2.24, 2.45) is 0 Å². The molecular formula is C9H7BrClNO2. The molecule has 2 rings (SSSR count). The Morgan fingerprint density at radius 1 is 1.50 bits per heavy atom. The molecule has 1 amide bonds. The van der Waals surface area contributed by atoms with Gasteiger partial charge < -0.3 is 10.1 Å². The van der Waals surface area contributed by atoms with Gasteiger partial charge >= 0.3 is 0 Å². The van der Waals surface area contributed by atoms with Gasteiger partial charge in [-0.2, -0.15) is 0 Å². The molecule has 1 aliphatic heterocycles. The van der Waals surface area contributed by atoms with Gasteiger partial charge in [-0.25, -0.2) is 0 Å². The van der Waals surface area contributed by atoms with Gasteiger partial charge in [0.1, 0.15) is 17.9 Å². The SMILES string of the molecule is O=C1NCCOc2c(Br)ccc(Cl)c21. The molecule has 0 fully saturated rings. The van der Waals surface area contributed by atoms with E-state index in [1.54, 1.807) is 12.1 Å². The van der Waals surface area contributed by atoms with Crippen LogP contribution in [0, 0.1) is 0 Å². The Hall–Kier alpha value is -0.740. The summed E-state index contributed by atoms with van der Waals surface area (Å²) in [6, 6.07) is 3.43. The van der Waals surface area contributed by atoms with Crippen molar-refractivity contribution in [3.8, 4) is 5.75 Å². The summed E-state index contributed by atoms with van der Waals surface area (Å²) in [5.41, 5.74) is 0.401. The molecule has 3 nitrogen and oxygen atoms in total. The summed E-state index contributed by atoms with van der Waals surface area (Å²) < 4.78 is 6.16. The molecule has 74 valence electrons. The summed E-state index contributed by atoms with van der Waals surface area (Å²) in [6.45, 7) is 0.952. The van der Waals surface area contributed by atoms with E-state index in [1.165, 1.54) is 0 Å². The van der Waals surface area contributed by atoms with E-state index in [9.17, 15) is 4.79 Å². The average molecular weight is 277 g/mol. The molecule has 0 unspecified atom stereocenters. The van der Waals surface area contributed by atoms with E-state index >= 15 is 0 Å². The molecule has 0 bridgehead atoms. The number of benzene rings is 1. The summed E-state index contributed by atoms with van der Waals surface area (Å²) in [5.74, 6) is 0.330. The number of hydrogen-bond acceptors (Lipinski definition) is 2. The van der Waals surface area contributed by atoms with Crippen LogP contribution in [0.15, 0.2) is 16.6 Å². The highest BCUT2D eigenvalue weighted by Crippen LogP contribution is 2.34. The fourth-order valence-corrected chi connectivity index (χ4v) is 1.97. The molecule has 0 atom stereocenters. The Morgan fingerprint density at radius 2 is 2.29 bits per heavy atom. The monoisotopic (exact) mass is 275 g/mol. The number of ether oxygens (including phenoxy) is 1. The van der Waals surface area contributed by atoms with Crippen molar-refractivity contribution in [2.45, 2.75) is 0 Å². The minimum atomic E-state index is -0.191. The Morgan fingerprint density at radius 3 is 3.07 bits per heavy atom. The predicted octanol–water partition coefficient (Wildman–Crippen LogP) is 2.22. The van der Waals surface area contributed by atoms with Gasteiger partial charge in [0.05, 0.1) is 16.0 Å². The minimum absolute atomic E-state index is 0.191. The topological polar surface area (TPSA) is 38.3 Å². The molecule has 14 heavy (non-hydrogen) atoms. The molecule has 1 N–H and O–H groups in total. The average Bonchev–Trinajstić information content (AvgIpc) is 2.35. The van der Waals surface area contributed by atoms with Gasteiger partial charge in [0, 0.05) is 0 Å². The zero-order valence-corrected chi connectivity index (χ0v) is 9.48. The van der Waals surface area contributed by atoms with Gasteiger partial charge in [0.25, 0.3) is 5.91 Å². The predicted molar refractivity (Wildman–Crippen MR) is 57.0 cm³/mol. The van der Waals surface area contributed by atoms with Gasteiger partial charge in [-0.1, -0.05) is 11.6 Å². The second-order valence-electron chi connectivity index (χ2n) is 2.84. The largest absolute Gasteiger partial charge is 0.490 e. The summed E-state index contributed by atoms with van der Waals surface area (Å²) in [5, 5.41) is 3.10. The summed E-state index contributed by atoms with van der Waals surface area (Å²) in [4.78, 5) is 11.6. The van der Waals surface area contributed by atoms with Crippen LogP contribution in [0.25, 0.3) is 0 Å². The van der Waals surface area contributed by atoms with Crippen LogP contribution in [-0.2, 0) is 0 Å². The van der Waals surface area contributed by atoms with E-state index in [1.807, 2.05) is 0 Å². The van der Waals surface area contributed by atoms with Crippen LogP contribution >= 0.6 is 27.5 Å². The maximum atomic E-state index is 11.6. The normalized spacial score (nSPS) is 15.1. The second kappa shape index (κ2) is 3.79. The molecule has 1 aliphatic rings. The Kier molecular flexibility index (Phi) is 2.65. The Labute approximate surface area is 94.5 Å². The van der Waals surface area contributed by atoms with Crippen LogP contribution in [0.1, 0.15) is 10.4 Å². The van der Waals surface area contributed by atoms with Crippen LogP contribution in [0.4, 0.5) is 0 Å². The number of halogens is 2. The first-order valence-corrected chi connectivity index (χ1v) is 5.26. The number of fused-ring (bicyclic) bond motifs is 1. The summed E-state index contributed by atoms with van der Waals surface area (Å²) in [6.07, 6.45) is 0. The standard InChI is InChI=1S/C9H7BrClNO2/c10-5-1-2-6(11)7-8(5)14-4-3-12-9(7)13/h1-2H,3-4H2,(H,12,13). The van der Waals surface area contributed by atoms with Crippen molar-refractivity contribution >= 4 is 33.4 Å². The highest BCUT2D eigenvalue weighted by atomic mass is 79.9. The molecule has 0 saturated heterocycles. The quantitative estimate of drug-likeness (QED) is 0.789. The first kappa shape index (κ1) is 9.80. The molecule has 1 aromatic carbocycles. The van der Waals surface area contributed by atoms with E-state index < -0.39 is 0 Å². The third-order valence-electron chi connectivity index (χ3n) is 1.92. The molecule has 1 aromatic rings. The summed E-state index contributed by atoms with van der Waals surface area (Å²) >= 11 is 9.23. The molecule has 0 saturated carbocycles. The van der Waals surface area contributed by atoms with Gasteiger partial charge in [-0.3, -0.25) is 4.79 Å². The lowest BCUT2D eigenvalue weighted by Crippen LogP contribution is -2.24. The number of nitrogens with one attached hydrogen (secondary N) is 1. The van der Waals surface area contributed by atoms with E-state index in [0.29, 0.717) is 29.5 Å². The lowest BCUT2D eigenvalue weighted by molar-refractivity contribution is 0.0957.